The largest absolute Gasteiger partial charge is 0.390 e. The van der Waals surface area contributed by atoms with E-state index in [9.17, 15) is 0 Å². The van der Waals surface area contributed by atoms with Gasteiger partial charge in [0.2, 0.25) is 0 Å². The van der Waals surface area contributed by atoms with Gasteiger partial charge in [0.15, 0.2) is 0 Å². The molecular formula is C22H22Cl3N5. The average Bonchev–Trinajstić information content (AvgIpc) is 3.10. The second-order valence-electron chi connectivity index (χ2n) is 6.55. The zero-order chi connectivity index (χ0) is 21.7. The Bertz CT molecular complexity index is 1190. The summed E-state index contributed by atoms with van der Waals surface area (Å²) < 4.78 is 0. The molecule has 30 heavy (non-hydrogen) atoms. The molecule has 0 fully saturated rings. The molecule has 0 unspecified atom stereocenters. The average molecular weight is 463 g/mol. The van der Waals surface area contributed by atoms with E-state index in [2.05, 4.69) is 33.5 Å². The summed E-state index contributed by atoms with van der Waals surface area (Å²) in [5.41, 5.74) is 9.62. The summed E-state index contributed by atoms with van der Waals surface area (Å²) in [5.74, 6) is 0. The van der Waals surface area contributed by atoms with Gasteiger partial charge in [0, 0.05) is 34.4 Å². The second-order valence-corrected chi connectivity index (χ2v) is 7.80. The molecule has 8 heteroatoms. The van der Waals surface area contributed by atoms with Crippen molar-refractivity contribution in [3.63, 3.8) is 0 Å². The molecular weight excluding hydrogens is 441 g/mol. The lowest BCUT2D eigenvalue weighted by atomic mass is 9.98. The summed E-state index contributed by atoms with van der Waals surface area (Å²) in [4.78, 5) is 3.54. The Morgan fingerprint density at radius 3 is 2.47 bits per heavy atom. The van der Waals surface area contributed by atoms with Crippen molar-refractivity contribution in [2.24, 2.45) is 5.73 Å². The van der Waals surface area contributed by atoms with Crippen LogP contribution in [-0.2, 0) is 0 Å². The Morgan fingerprint density at radius 1 is 1.00 bits per heavy atom. The van der Waals surface area contributed by atoms with Gasteiger partial charge in [0.05, 0.1) is 27.6 Å². The molecule has 0 saturated heterocycles. The van der Waals surface area contributed by atoms with Gasteiger partial charge >= 0.3 is 0 Å². The van der Waals surface area contributed by atoms with Crippen molar-refractivity contribution >= 4 is 68.6 Å². The fourth-order valence-corrected chi connectivity index (χ4v) is 3.82. The lowest BCUT2D eigenvalue weighted by molar-refractivity contribution is 0.824. The van der Waals surface area contributed by atoms with Crippen molar-refractivity contribution < 1.29 is 0 Å². The van der Waals surface area contributed by atoms with Gasteiger partial charge in [-0.15, -0.1) is 0 Å². The number of fused-ring (bicyclic) bond motifs is 3. The van der Waals surface area contributed by atoms with Gasteiger partial charge in [0.1, 0.15) is 0 Å². The molecule has 0 amide bonds. The zero-order valence-corrected chi connectivity index (χ0v) is 18.6. The minimum Gasteiger partial charge on any atom is -0.390 e. The Morgan fingerprint density at radius 2 is 1.77 bits per heavy atom. The number of halogens is 3. The van der Waals surface area contributed by atoms with Gasteiger partial charge in [-0.05, 0) is 54.6 Å². The van der Waals surface area contributed by atoms with Crippen molar-refractivity contribution in [3.05, 3.63) is 63.6 Å². The van der Waals surface area contributed by atoms with Crippen molar-refractivity contribution in [1.29, 1.82) is 5.41 Å². The van der Waals surface area contributed by atoms with Crippen LogP contribution in [0.15, 0.2) is 48.5 Å². The van der Waals surface area contributed by atoms with E-state index in [-0.39, 0.29) is 0 Å². The summed E-state index contributed by atoms with van der Waals surface area (Å²) in [6, 6.07) is 15.8. The molecule has 0 saturated carbocycles. The standard InChI is InChI=1S/C21H18Cl3N3.CH4N2/c1-25-8-9-26-19-7-4-14(12-2-5-16(23)17(24)10-12)20-15-11-13(22)3-6-18(15)27-21(19)20;2-1-3/h2-7,10-11,25-27H,8-9H2,1H3;1H,(H3,2,3). The van der Waals surface area contributed by atoms with E-state index in [1.807, 2.05) is 43.4 Å². The van der Waals surface area contributed by atoms with Crippen LogP contribution in [0.4, 0.5) is 5.69 Å². The third-order valence-electron chi connectivity index (χ3n) is 4.64. The maximum Gasteiger partial charge on any atom is 0.0765 e. The molecule has 5 nitrogen and oxygen atoms in total. The van der Waals surface area contributed by atoms with E-state index in [0.29, 0.717) is 15.1 Å². The predicted molar refractivity (Wildman–Crippen MR) is 132 cm³/mol. The molecule has 0 spiro atoms. The van der Waals surface area contributed by atoms with Crippen LogP contribution in [0.2, 0.25) is 15.1 Å². The van der Waals surface area contributed by atoms with Crippen molar-refractivity contribution in [2.75, 3.05) is 25.5 Å². The van der Waals surface area contributed by atoms with Crippen LogP contribution in [0.1, 0.15) is 0 Å². The van der Waals surface area contributed by atoms with Crippen molar-refractivity contribution in [2.45, 2.75) is 0 Å². The Labute approximate surface area is 190 Å². The van der Waals surface area contributed by atoms with Crippen LogP contribution < -0.4 is 16.4 Å². The fourth-order valence-electron chi connectivity index (χ4n) is 3.35. The van der Waals surface area contributed by atoms with Crippen molar-refractivity contribution in [3.8, 4) is 11.1 Å². The highest BCUT2D eigenvalue weighted by Gasteiger charge is 2.15. The number of hydrogen-bond acceptors (Lipinski definition) is 3. The lowest BCUT2D eigenvalue weighted by Gasteiger charge is -2.11. The summed E-state index contributed by atoms with van der Waals surface area (Å²) in [6.07, 6.45) is 0.750. The Kier molecular flexibility index (Phi) is 7.45. The van der Waals surface area contributed by atoms with Crippen LogP contribution in [0.5, 0.6) is 0 Å². The van der Waals surface area contributed by atoms with E-state index in [1.165, 1.54) is 0 Å². The zero-order valence-electron chi connectivity index (χ0n) is 16.3. The highest BCUT2D eigenvalue weighted by atomic mass is 35.5. The van der Waals surface area contributed by atoms with Gasteiger partial charge < -0.3 is 21.4 Å². The third-order valence-corrected chi connectivity index (χ3v) is 5.61. The molecule has 1 aromatic heterocycles. The van der Waals surface area contributed by atoms with E-state index in [4.69, 9.17) is 40.2 Å². The smallest absolute Gasteiger partial charge is 0.0765 e. The molecule has 4 rings (SSSR count). The molecule has 0 radical (unpaired) electrons. The Balaban J connectivity index is 0.000000806. The molecule has 4 aromatic rings. The summed E-state index contributed by atoms with van der Waals surface area (Å²) in [7, 11) is 1.94. The number of nitrogens with one attached hydrogen (secondary N) is 4. The van der Waals surface area contributed by atoms with Gasteiger partial charge in [-0.2, -0.15) is 0 Å². The first kappa shape index (κ1) is 22.2. The maximum atomic E-state index is 6.29. The minimum absolute atomic E-state index is 0.538. The first-order chi connectivity index (χ1) is 14.5. The number of benzene rings is 3. The predicted octanol–water partition coefficient (Wildman–Crippen LogP) is 6.13. The molecule has 1 heterocycles. The molecule has 3 aromatic carbocycles. The van der Waals surface area contributed by atoms with Gasteiger partial charge in [0.25, 0.3) is 0 Å². The van der Waals surface area contributed by atoms with Crippen LogP contribution in [-0.4, -0.2) is 31.5 Å². The van der Waals surface area contributed by atoms with E-state index in [0.717, 1.165) is 58.0 Å². The molecule has 0 atom stereocenters. The number of aromatic nitrogens is 1. The van der Waals surface area contributed by atoms with Crippen LogP contribution in [0.3, 0.4) is 0 Å². The van der Waals surface area contributed by atoms with Crippen LogP contribution >= 0.6 is 34.8 Å². The topological polar surface area (TPSA) is 89.7 Å². The summed E-state index contributed by atoms with van der Waals surface area (Å²) >= 11 is 18.7. The number of H-pyrrole nitrogens is 1. The van der Waals surface area contributed by atoms with Crippen LogP contribution in [0.25, 0.3) is 32.9 Å². The van der Waals surface area contributed by atoms with Crippen molar-refractivity contribution in [1.82, 2.24) is 10.3 Å². The normalized spacial score (nSPS) is 10.7. The molecule has 0 bridgehead atoms. The van der Waals surface area contributed by atoms with Gasteiger partial charge in [-0.3, -0.25) is 5.41 Å². The van der Waals surface area contributed by atoms with Gasteiger partial charge in [-0.1, -0.05) is 46.9 Å². The van der Waals surface area contributed by atoms with Gasteiger partial charge in [-0.25, -0.2) is 0 Å². The summed E-state index contributed by atoms with van der Waals surface area (Å²) in [5, 5.41) is 16.5. The molecule has 0 aliphatic rings. The number of nitrogens with two attached hydrogens (primary N) is 1. The molecule has 0 aliphatic heterocycles. The number of anilines is 1. The monoisotopic (exact) mass is 461 g/mol. The summed E-state index contributed by atoms with van der Waals surface area (Å²) in [6.45, 7) is 1.70. The van der Waals surface area contributed by atoms with E-state index >= 15 is 0 Å². The fraction of sp³-hybridized carbons (Fsp3) is 0.136. The highest BCUT2D eigenvalue weighted by Crippen LogP contribution is 2.40. The maximum absolute atomic E-state index is 6.29. The number of likely N-dealkylation sites (N-methyl/N-ethyl adjacent to an activating group) is 1. The van der Waals surface area contributed by atoms with E-state index < -0.39 is 0 Å². The third kappa shape index (κ3) is 4.65. The number of aromatic amines is 1. The first-order valence-electron chi connectivity index (χ1n) is 9.28. The Hall–Kier alpha value is -2.44. The van der Waals surface area contributed by atoms with E-state index in [1.54, 1.807) is 0 Å². The molecule has 0 aliphatic carbocycles. The minimum atomic E-state index is 0.538. The highest BCUT2D eigenvalue weighted by molar-refractivity contribution is 6.42. The quantitative estimate of drug-likeness (QED) is 0.140. The molecule has 156 valence electrons. The first-order valence-corrected chi connectivity index (χ1v) is 10.4. The lowest BCUT2D eigenvalue weighted by Crippen LogP contribution is -2.17. The SMILES string of the molecule is CNCCNc1ccc(-c2ccc(Cl)c(Cl)c2)c2c1[nH]c1ccc(Cl)cc12.N=CN. The second kappa shape index (κ2) is 10.0. The number of hydrogen-bond donors (Lipinski definition) is 5. The van der Waals surface area contributed by atoms with Crippen LogP contribution in [0, 0.1) is 5.41 Å². The number of rotatable bonds is 5. The molecule has 6 N–H and O–H groups in total.